The largest absolute Gasteiger partial charge is 0.378 e. The number of thioether (sulfide) groups is 1. The van der Waals surface area contributed by atoms with Gasteiger partial charge in [-0.25, -0.2) is 0 Å². The van der Waals surface area contributed by atoms with Crippen LogP contribution in [0.1, 0.15) is 15.9 Å². The number of benzene rings is 2. The molecule has 0 atom stereocenters. The van der Waals surface area contributed by atoms with Gasteiger partial charge in [0.2, 0.25) is 5.95 Å². The zero-order valence-corrected chi connectivity index (χ0v) is 18.1. The van der Waals surface area contributed by atoms with Gasteiger partial charge in [-0.2, -0.15) is 0 Å². The number of aromatic amines is 1. The van der Waals surface area contributed by atoms with Crippen molar-refractivity contribution in [2.45, 2.75) is 12.1 Å². The molecule has 3 heterocycles. The van der Waals surface area contributed by atoms with Crippen molar-refractivity contribution in [2.24, 2.45) is 0 Å². The molecule has 1 aliphatic rings. The minimum Gasteiger partial charge on any atom is -0.378 e. The van der Waals surface area contributed by atoms with E-state index in [9.17, 15) is 4.79 Å². The molecule has 0 amide bonds. The average molecular weight is 434 g/mol. The molecule has 2 aromatic heterocycles. The lowest BCUT2D eigenvalue weighted by Gasteiger charge is -2.28. The minimum absolute atomic E-state index is 0.0645. The number of aryl methyl sites for hydroxylation is 1. The molecule has 0 bridgehead atoms. The fourth-order valence-corrected chi connectivity index (χ4v) is 4.68. The van der Waals surface area contributed by atoms with Gasteiger partial charge in [-0.3, -0.25) is 9.36 Å². The Labute approximate surface area is 184 Å². The number of ketones is 1. The second kappa shape index (κ2) is 8.56. The summed E-state index contributed by atoms with van der Waals surface area (Å²) in [5, 5.41) is 10.6. The summed E-state index contributed by atoms with van der Waals surface area (Å²) < 4.78 is 7.56. The van der Waals surface area contributed by atoms with Gasteiger partial charge in [0.1, 0.15) is 0 Å². The van der Waals surface area contributed by atoms with E-state index in [0.717, 1.165) is 41.2 Å². The van der Waals surface area contributed by atoms with Crippen molar-refractivity contribution < 1.29 is 9.53 Å². The van der Waals surface area contributed by atoms with Crippen molar-refractivity contribution in [1.29, 1.82) is 0 Å². The molecule has 1 aliphatic heterocycles. The maximum atomic E-state index is 13.0. The normalized spacial score (nSPS) is 14.3. The van der Waals surface area contributed by atoms with Gasteiger partial charge < -0.3 is 14.6 Å². The van der Waals surface area contributed by atoms with Gasteiger partial charge in [0.05, 0.1) is 24.7 Å². The van der Waals surface area contributed by atoms with E-state index in [1.54, 1.807) is 6.20 Å². The molecule has 2 aromatic carbocycles. The molecule has 0 saturated carbocycles. The molecule has 0 aliphatic carbocycles. The number of rotatable bonds is 6. The fraction of sp³-hybridized carbons (Fsp3) is 0.261. The molecule has 1 N–H and O–H groups in total. The first kappa shape index (κ1) is 19.8. The molecule has 0 spiro atoms. The second-order valence-corrected chi connectivity index (χ2v) is 8.41. The van der Waals surface area contributed by atoms with E-state index < -0.39 is 0 Å². The Hall–Kier alpha value is -3.10. The molecule has 0 unspecified atom stereocenters. The van der Waals surface area contributed by atoms with Crippen LogP contribution in [-0.2, 0) is 4.74 Å². The standard InChI is InChI=1S/C23H23N5O2S/c1-16-6-2-5-9-20(16)28-22(27-10-12-30-13-11-27)25-26-23(28)31-15-21(29)18-14-24-19-8-4-3-7-17(18)19/h2-9,14,24H,10-13,15H2,1H3. The van der Waals surface area contributed by atoms with Crippen molar-refractivity contribution in [1.82, 2.24) is 19.7 Å². The summed E-state index contributed by atoms with van der Waals surface area (Å²) in [5.41, 5.74) is 3.82. The summed E-state index contributed by atoms with van der Waals surface area (Å²) in [6.45, 7) is 4.94. The lowest BCUT2D eigenvalue weighted by Crippen LogP contribution is -2.38. The average Bonchev–Trinajstić information content (AvgIpc) is 3.43. The SMILES string of the molecule is Cc1ccccc1-n1c(SCC(=O)c2c[nH]c3ccccc23)nnc1N1CCOCC1. The highest BCUT2D eigenvalue weighted by Crippen LogP contribution is 2.30. The number of fused-ring (bicyclic) bond motifs is 1. The fourth-order valence-electron chi connectivity index (χ4n) is 3.86. The van der Waals surface area contributed by atoms with E-state index in [1.165, 1.54) is 11.8 Å². The van der Waals surface area contributed by atoms with Gasteiger partial charge in [0.15, 0.2) is 10.9 Å². The van der Waals surface area contributed by atoms with Crippen molar-refractivity contribution in [3.63, 3.8) is 0 Å². The Bertz CT molecular complexity index is 1230. The third-order valence-corrected chi connectivity index (χ3v) is 6.42. The number of carbonyl (C=O) groups excluding carboxylic acids is 1. The summed E-state index contributed by atoms with van der Waals surface area (Å²) in [4.78, 5) is 18.4. The Morgan fingerprint density at radius 1 is 1.10 bits per heavy atom. The number of carbonyl (C=O) groups is 1. The van der Waals surface area contributed by atoms with Crippen LogP contribution in [0.3, 0.4) is 0 Å². The van der Waals surface area contributed by atoms with Crippen LogP contribution >= 0.6 is 11.8 Å². The van der Waals surface area contributed by atoms with Crippen LogP contribution in [0.15, 0.2) is 59.9 Å². The van der Waals surface area contributed by atoms with Gasteiger partial charge in [-0.05, 0) is 24.6 Å². The summed E-state index contributed by atoms with van der Waals surface area (Å²) >= 11 is 1.42. The topological polar surface area (TPSA) is 76.0 Å². The number of hydrogen-bond donors (Lipinski definition) is 1. The molecule has 7 nitrogen and oxygen atoms in total. The minimum atomic E-state index is 0.0645. The quantitative estimate of drug-likeness (QED) is 0.368. The van der Waals surface area contributed by atoms with Gasteiger partial charge in [-0.1, -0.05) is 48.2 Å². The molecule has 5 rings (SSSR count). The van der Waals surface area contributed by atoms with Crippen molar-refractivity contribution in [3.8, 4) is 5.69 Å². The highest BCUT2D eigenvalue weighted by Gasteiger charge is 2.23. The van der Waals surface area contributed by atoms with Crippen LogP contribution in [0.5, 0.6) is 0 Å². The van der Waals surface area contributed by atoms with E-state index in [1.807, 2.05) is 36.4 Å². The summed E-state index contributed by atoms with van der Waals surface area (Å²) in [6, 6.07) is 16.0. The smallest absolute Gasteiger partial charge is 0.232 e. The van der Waals surface area contributed by atoms with E-state index in [4.69, 9.17) is 4.74 Å². The number of para-hydroxylation sites is 2. The predicted molar refractivity (Wildman–Crippen MR) is 122 cm³/mol. The molecular weight excluding hydrogens is 410 g/mol. The van der Waals surface area contributed by atoms with Crippen LogP contribution in [-0.4, -0.2) is 57.6 Å². The number of nitrogens with zero attached hydrogens (tertiary/aromatic N) is 4. The number of Topliss-reactive ketones (excluding diaryl/α,β-unsaturated/α-hetero) is 1. The van der Waals surface area contributed by atoms with Crippen LogP contribution in [0.25, 0.3) is 16.6 Å². The van der Waals surface area contributed by atoms with E-state index in [2.05, 4.69) is 43.7 Å². The van der Waals surface area contributed by atoms with E-state index >= 15 is 0 Å². The summed E-state index contributed by atoms with van der Waals surface area (Å²) in [6.07, 6.45) is 1.79. The van der Waals surface area contributed by atoms with Gasteiger partial charge >= 0.3 is 0 Å². The number of aromatic nitrogens is 4. The Morgan fingerprint density at radius 2 is 1.87 bits per heavy atom. The number of ether oxygens (including phenoxy) is 1. The number of H-pyrrole nitrogens is 1. The molecule has 4 aromatic rings. The third kappa shape index (κ3) is 3.84. The first-order chi connectivity index (χ1) is 15.2. The Kier molecular flexibility index (Phi) is 5.48. The third-order valence-electron chi connectivity index (χ3n) is 5.49. The van der Waals surface area contributed by atoms with E-state index in [0.29, 0.717) is 23.9 Å². The van der Waals surface area contributed by atoms with Gasteiger partial charge in [0.25, 0.3) is 0 Å². The summed E-state index contributed by atoms with van der Waals surface area (Å²) in [7, 11) is 0. The second-order valence-electron chi connectivity index (χ2n) is 7.46. The lowest BCUT2D eigenvalue weighted by molar-refractivity contribution is 0.102. The maximum absolute atomic E-state index is 13.0. The van der Waals surface area contributed by atoms with Crippen LogP contribution in [0.4, 0.5) is 5.95 Å². The van der Waals surface area contributed by atoms with Gasteiger partial charge in [-0.15, -0.1) is 10.2 Å². The van der Waals surface area contributed by atoms with Gasteiger partial charge in [0, 0.05) is 35.8 Å². The first-order valence-electron chi connectivity index (χ1n) is 10.3. The van der Waals surface area contributed by atoms with Crippen molar-refractivity contribution in [3.05, 3.63) is 65.9 Å². The van der Waals surface area contributed by atoms with Crippen LogP contribution in [0, 0.1) is 6.92 Å². The first-order valence-corrected chi connectivity index (χ1v) is 11.3. The van der Waals surface area contributed by atoms with Crippen LogP contribution < -0.4 is 4.90 Å². The molecule has 1 fully saturated rings. The molecule has 1 saturated heterocycles. The Balaban J connectivity index is 1.45. The monoisotopic (exact) mass is 433 g/mol. The predicted octanol–water partition coefficient (Wildman–Crippen LogP) is 3.87. The number of morpholine rings is 1. The van der Waals surface area contributed by atoms with Crippen molar-refractivity contribution >= 4 is 34.4 Å². The van der Waals surface area contributed by atoms with E-state index in [-0.39, 0.29) is 11.5 Å². The molecule has 31 heavy (non-hydrogen) atoms. The number of nitrogens with one attached hydrogen (secondary N) is 1. The molecule has 8 heteroatoms. The molecular formula is C23H23N5O2S. The van der Waals surface area contributed by atoms with Crippen LogP contribution in [0.2, 0.25) is 0 Å². The number of anilines is 1. The lowest BCUT2D eigenvalue weighted by atomic mass is 10.1. The zero-order valence-electron chi connectivity index (χ0n) is 17.2. The zero-order chi connectivity index (χ0) is 21.2. The van der Waals surface area contributed by atoms with Crippen molar-refractivity contribution in [2.75, 3.05) is 37.0 Å². The Morgan fingerprint density at radius 3 is 2.71 bits per heavy atom. The highest BCUT2D eigenvalue weighted by atomic mass is 32.2. The maximum Gasteiger partial charge on any atom is 0.232 e. The summed E-state index contributed by atoms with van der Waals surface area (Å²) in [5.74, 6) is 1.14. The molecule has 158 valence electrons. The number of hydrogen-bond acceptors (Lipinski definition) is 6. The molecule has 0 radical (unpaired) electrons. The highest BCUT2D eigenvalue weighted by molar-refractivity contribution is 7.99.